The maximum Gasteiger partial charge on any atom is 0.191 e. The lowest BCUT2D eigenvalue weighted by Crippen LogP contribution is -2.49. The van der Waals surface area contributed by atoms with Crippen LogP contribution >= 0.6 is 0 Å². The fourth-order valence-corrected chi connectivity index (χ4v) is 3.60. The molecule has 1 aliphatic heterocycles. The first-order chi connectivity index (χ1) is 14.3. The van der Waals surface area contributed by atoms with Gasteiger partial charge in [-0.1, -0.05) is 31.2 Å². The second-order valence-electron chi connectivity index (χ2n) is 7.37. The van der Waals surface area contributed by atoms with Gasteiger partial charge in [0, 0.05) is 58.2 Å². The molecule has 3 rings (SSSR count). The van der Waals surface area contributed by atoms with Gasteiger partial charge in [-0.05, 0) is 30.7 Å². The second-order valence-corrected chi connectivity index (χ2v) is 7.37. The zero-order valence-electron chi connectivity index (χ0n) is 17.8. The Labute approximate surface area is 174 Å². The SMILES string of the molecule is CCNC(=NCc1ccccc1Cn1cccn1)NCCN1CCN(CC)CC1. The fourth-order valence-electron chi connectivity index (χ4n) is 3.60. The van der Waals surface area contributed by atoms with Crippen molar-refractivity contribution in [3.05, 3.63) is 53.9 Å². The van der Waals surface area contributed by atoms with Gasteiger partial charge in [0.1, 0.15) is 0 Å². The topological polar surface area (TPSA) is 60.7 Å². The van der Waals surface area contributed by atoms with Crippen molar-refractivity contribution in [2.45, 2.75) is 26.9 Å². The maximum atomic E-state index is 4.82. The molecular weight excluding hydrogens is 362 g/mol. The van der Waals surface area contributed by atoms with E-state index in [1.54, 1.807) is 0 Å². The molecule has 1 aliphatic rings. The summed E-state index contributed by atoms with van der Waals surface area (Å²) in [4.78, 5) is 9.86. The van der Waals surface area contributed by atoms with E-state index < -0.39 is 0 Å². The second kappa shape index (κ2) is 11.6. The molecule has 158 valence electrons. The molecule has 1 saturated heterocycles. The first-order valence-corrected chi connectivity index (χ1v) is 10.8. The van der Waals surface area contributed by atoms with Gasteiger partial charge >= 0.3 is 0 Å². The largest absolute Gasteiger partial charge is 0.357 e. The molecule has 1 fully saturated rings. The summed E-state index contributed by atoms with van der Waals surface area (Å²) in [6.45, 7) is 14.4. The van der Waals surface area contributed by atoms with Crippen LogP contribution in [0.3, 0.4) is 0 Å². The summed E-state index contributed by atoms with van der Waals surface area (Å²) in [5, 5.41) is 11.2. The number of piperazine rings is 1. The molecule has 2 N–H and O–H groups in total. The van der Waals surface area contributed by atoms with Crippen LogP contribution in [0.1, 0.15) is 25.0 Å². The Hall–Kier alpha value is -2.38. The number of nitrogens with zero attached hydrogens (tertiary/aromatic N) is 5. The number of aliphatic imine (C=N–C) groups is 1. The predicted octanol–water partition coefficient (Wildman–Crippen LogP) is 1.62. The lowest BCUT2D eigenvalue weighted by atomic mass is 10.1. The van der Waals surface area contributed by atoms with Crippen LogP contribution in [-0.2, 0) is 13.1 Å². The Morgan fingerprint density at radius 2 is 1.76 bits per heavy atom. The van der Waals surface area contributed by atoms with Crippen LogP contribution in [0.5, 0.6) is 0 Å². The normalized spacial score (nSPS) is 16.1. The van der Waals surface area contributed by atoms with Crippen molar-refractivity contribution < 1.29 is 0 Å². The first-order valence-electron chi connectivity index (χ1n) is 10.8. The fraction of sp³-hybridized carbons (Fsp3) is 0.545. The molecule has 29 heavy (non-hydrogen) atoms. The highest BCUT2D eigenvalue weighted by molar-refractivity contribution is 5.79. The molecule has 0 atom stereocenters. The summed E-state index contributed by atoms with van der Waals surface area (Å²) < 4.78 is 1.95. The molecule has 7 nitrogen and oxygen atoms in total. The summed E-state index contributed by atoms with van der Waals surface area (Å²) in [6.07, 6.45) is 3.81. The van der Waals surface area contributed by atoms with Crippen molar-refractivity contribution in [1.82, 2.24) is 30.2 Å². The Morgan fingerprint density at radius 1 is 1.00 bits per heavy atom. The van der Waals surface area contributed by atoms with Gasteiger partial charge in [-0.2, -0.15) is 5.10 Å². The van der Waals surface area contributed by atoms with Gasteiger partial charge in [-0.15, -0.1) is 0 Å². The van der Waals surface area contributed by atoms with E-state index in [-0.39, 0.29) is 0 Å². The average molecular weight is 398 g/mol. The van der Waals surface area contributed by atoms with Gasteiger partial charge in [0.05, 0.1) is 13.1 Å². The Balaban J connectivity index is 1.51. The van der Waals surface area contributed by atoms with Gasteiger partial charge in [0.15, 0.2) is 5.96 Å². The van der Waals surface area contributed by atoms with Gasteiger partial charge < -0.3 is 15.5 Å². The highest BCUT2D eigenvalue weighted by atomic mass is 15.3. The molecule has 0 amide bonds. The van der Waals surface area contributed by atoms with Crippen molar-refractivity contribution in [3.63, 3.8) is 0 Å². The predicted molar refractivity (Wildman–Crippen MR) is 119 cm³/mol. The zero-order chi connectivity index (χ0) is 20.3. The monoisotopic (exact) mass is 397 g/mol. The van der Waals surface area contributed by atoms with Crippen molar-refractivity contribution in [2.24, 2.45) is 4.99 Å². The molecule has 0 bridgehead atoms. The summed E-state index contributed by atoms with van der Waals surface area (Å²) in [6, 6.07) is 10.4. The molecule has 7 heteroatoms. The van der Waals surface area contributed by atoms with Crippen molar-refractivity contribution in [1.29, 1.82) is 0 Å². The molecule has 2 aromatic rings. The minimum absolute atomic E-state index is 0.655. The third-order valence-corrected chi connectivity index (χ3v) is 5.39. The number of benzene rings is 1. The van der Waals surface area contributed by atoms with Crippen LogP contribution in [0.25, 0.3) is 0 Å². The van der Waals surface area contributed by atoms with Crippen LogP contribution in [0, 0.1) is 0 Å². The summed E-state index contributed by atoms with van der Waals surface area (Å²) in [7, 11) is 0. The van der Waals surface area contributed by atoms with Crippen LogP contribution in [-0.4, -0.2) is 77.9 Å². The first kappa shape index (κ1) is 21.3. The van der Waals surface area contributed by atoms with Gasteiger partial charge in [0.2, 0.25) is 0 Å². The van der Waals surface area contributed by atoms with E-state index in [1.807, 2.05) is 23.1 Å². The summed E-state index contributed by atoms with van der Waals surface area (Å²) in [5.41, 5.74) is 2.49. The average Bonchev–Trinajstić information content (AvgIpc) is 3.26. The van der Waals surface area contributed by atoms with E-state index in [0.717, 1.165) is 51.8 Å². The third kappa shape index (κ3) is 6.87. The molecule has 0 saturated carbocycles. The number of hydrogen-bond acceptors (Lipinski definition) is 4. The Kier molecular flexibility index (Phi) is 8.52. The van der Waals surface area contributed by atoms with E-state index >= 15 is 0 Å². The molecule has 0 spiro atoms. The number of hydrogen-bond donors (Lipinski definition) is 2. The smallest absolute Gasteiger partial charge is 0.191 e. The highest BCUT2D eigenvalue weighted by Crippen LogP contribution is 2.11. The van der Waals surface area contributed by atoms with Crippen LogP contribution in [0.2, 0.25) is 0 Å². The van der Waals surface area contributed by atoms with Gasteiger partial charge in [-0.3, -0.25) is 9.58 Å². The maximum absolute atomic E-state index is 4.82. The lowest BCUT2D eigenvalue weighted by Gasteiger charge is -2.34. The van der Waals surface area contributed by atoms with Crippen molar-refractivity contribution in [2.75, 3.05) is 52.4 Å². The Bertz CT molecular complexity index is 733. The highest BCUT2D eigenvalue weighted by Gasteiger charge is 2.14. The van der Waals surface area contributed by atoms with E-state index in [2.05, 4.69) is 63.6 Å². The number of aromatic nitrogens is 2. The zero-order valence-corrected chi connectivity index (χ0v) is 17.8. The lowest BCUT2D eigenvalue weighted by molar-refractivity contribution is 0.139. The third-order valence-electron chi connectivity index (χ3n) is 5.39. The molecule has 2 heterocycles. The van der Waals surface area contributed by atoms with E-state index in [9.17, 15) is 0 Å². The Morgan fingerprint density at radius 3 is 2.45 bits per heavy atom. The number of likely N-dealkylation sites (N-methyl/N-ethyl adjacent to an activating group) is 1. The molecular formula is C22H35N7. The number of rotatable bonds is 9. The summed E-state index contributed by atoms with van der Waals surface area (Å²) in [5.74, 6) is 0.883. The van der Waals surface area contributed by atoms with Crippen LogP contribution in [0.4, 0.5) is 0 Å². The van der Waals surface area contributed by atoms with E-state index in [4.69, 9.17) is 4.99 Å². The molecule has 0 radical (unpaired) electrons. The van der Waals surface area contributed by atoms with Gasteiger partial charge in [-0.25, -0.2) is 4.99 Å². The number of guanidine groups is 1. The summed E-state index contributed by atoms with van der Waals surface area (Å²) >= 11 is 0. The standard InChI is InChI=1S/C22H35N7/c1-3-23-22(24-11-13-28-16-14-27(4-2)15-17-28)25-18-20-8-5-6-9-21(20)19-29-12-7-10-26-29/h5-10,12H,3-4,11,13-19H2,1-2H3,(H2,23,24,25). The van der Waals surface area contributed by atoms with Crippen molar-refractivity contribution >= 4 is 5.96 Å². The number of nitrogens with one attached hydrogen (secondary N) is 2. The minimum Gasteiger partial charge on any atom is -0.357 e. The van der Waals surface area contributed by atoms with E-state index in [1.165, 1.54) is 24.2 Å². The molecule has 1 aromatic carbocycles. The van der Waals surface area contributed by atoms with Gasteiger partial charge in [0.25, 0.3) is 0 Å². The van der Waals surface area contributed by atoms with Crippen LogP contribution < -0.4 is 10.6 Å². The molecule has 1 aromatic heterocycles. The van der Waals surface area contributed by atoms with Crippen LogP contribution in [0.15, 0.2) is 47.7 Å². The molecule has 0 unspecified atom stereocenters. The molecule has 0 aliphatic carbocycles. The van der Waals surface area contributed by atoms with Crippen molar-refractivity contribution in [3.8, 4) is 0 Å². The van der Waals surface area contributed by atoms with E-state index in [0.29, 0.717) is 6.54 Å². The minimum atomic E-state index is 0.655. The quantitative estimate of drug-likeness (QED) is 0.497.